The van der Waals surface area contributed by atoms with Crippen LogP contribution in [-0.2, 0) is 11.8 Å². The maximum absolute atomic E-state index is 11.0. The highest BCUT2D eigenvalue weighted by atomic mass is 31.2. The van der Waals surface area contributed by atoms with Gasteiger partial charge in [0.15, 0.2) is 11.9 Å². The average Bonchev–Trinajstić information content (AvgIpc) is 2.97. The Balaban J connectivity index is 0.00000127. The highest BCUT2D eigenvalue weighted by Crippen LogP contribution is 2.52. The molecule has 0 saturated heterocycles. The Bertz CT molecular complexity index is 620. The number of hydrogen-bond donors (Lipinski definition) is 3. The standard InChI is InChI=1S/C13H17N3O4P.C2H6/c1-11(13(17)18)14-21(19,16-9-8-15(2)10-16)20-12-6-4-3-5-7-12;1-2/h3-11,14,19H,1-2H3;1-2H3/q+1;/p+1. The zero-order chi connectivity index (χ0) is 17.5. The van der Waals surface area contributed by atoms with E-state index in [1.54, 1.807) is 54.6 Å². The van der Waals surface area contributed by atoms with E-state index in [1.807, 2.05) is 19.9 Å². The summed E-state index contributed by atoms with van der Waals surface area (Å²) in [5, 5.41) is 11.7. The molecule has 0 saturated carbocycles. The zero-order valence-electron chi connectivity index (χ0n) is 13.7. The van der Waals surface area contributed by atoms with Gasteiger partial charge in [0, 0.05) is 0 Å². The van der Waals surface area contributed by atoms with Crippen molar-refractivity contribution in [2.24, 2.45) is 7.05 Å². The van der Waals surface area contributed by atoms with Crippen molar-refractivity contribution >= 4 is 14.0 Å². The van der Waals surface area contributed by atoms with Crippen LogP contribution in [-0.4, -0.2) is 26.3 Å². The fourth-order valence-electron chi connectivity index (χ4n) is 1.67. The number of imidazole rings is 1. The Labute approximate surface area is 136 Å². The molecule has 2 atom stereocenters. The van der Waals surface area contributed by atoms with Gasteiger partial charge in [-0.15, -0.1) is 0 Å². The van der Waals surface area contributed by atoms with E-state index >= 15 is 0 Å². The number of para-hydroxylation sites is 1. The largest absolute Gasteiger partial charge is 0.581 e. The van der Waals surface area contributed by atoms with E-state index in [2.05, 4.69) is 5.09 Å². The summed E-state index contributed by atoms with van der Waals surface area (Å²) in [6.45, 7) is 5.45. The monoisotopic (exact) mass is 341 g/mol. The molecule has 0 aliphatic carbocycles. The molecule has 0 aliphatic rings. The summed E-state index contributed by atoms with van der Waals surface area (Å²) in [4.78, 5) is 21.9. The minimum absolute atomic E-state index is 0.453. The van der Waals surface area contributed by atoms with Gasteiger partial charge in [-0.3, -0.25) is 9.32 Å². The summed E-state index contributed by atoms with van der Waals surface area (Å²) >= 11 is 0. The van der Waals surface area contributed by atoms with E-state index in [1.165, 1.54) is 11.3 Å². The van der Waals surface area contributed by atoms with E-state index in [-0.39, 0.29) is 0 Å². The van der Waals surface area contributed by atoms with Crippen LogP contribution in [0.5, 0.6) is 5.75 Å². The highest BCUT2D eigenvalue weighted by molar-refractivity contribution is 7.62. The summed E-state index contributed by atoms with van der Waals surface area (Å²) in [5.41, 5.74) is 0. The molecule has 23 heavy (non-hydrogen) atoms. The minimum Gasteiger partial charge on any atom is -0.480 e. The molecule has 0 aliphatic heterocycles. The van der Waals surface area contributed by atoms with E-state index in [0.717, 1.165) is 0 Å². The van der Waals surface area contributed by atoms with Crippen molar-refractivity contribution in [2.45, 2.75) is 26.8 Å². The summed E-state index contributed by atoms with van der Waals surface area (Å²) in [6, 6.07) is 7.81. The molecule has 1 heterocycles. The lowest BCUT2D eigenvalue weighted by molar-refractivity contribution is -0.670. The molecule has 1 aromatic heterocycles. The number of carboxylic acids is 1. The number of carbonyl (C=O) groups is 1. The van der Waals surface area contributed by atoms with Crippen molar-refractivity contribution in [1.29, 1.82) is 0 Å². The van der Waals surface area contributed by atoms with Crippen LogP contribution in [0, 0.1) is 0 Å². The van der Waals surface area contributed by atoms with Gasteiger partial charge in [-0.25, -0.2) is 4.57 Å². The van der Waals surface area contributed by atoms with Gasteiger partial charge in [0.2, 0.25) is 0 Å². The van der Waals surface area contributed by atoms with Crippen LogP contribution in [0.4, 0.5) is 0 Å². The average molecular weight is 341 g/mol. The van der Waals surface area contributed by atoms with Gasteiger partial charge in [-0.05, 0) is 23.4 Å². The summed E-state index contributed by atoms with van der Waals surface area (Å²) < 4.78 is 8.85. The van der Waals surface area contributed by atoms with Gasteiger partial charge in [0.1, 0.15) is 12.2 Å². The summed E-state index contributed by atoms with van der Waals surface area (Å²) in [6.07, 6.45) is 4.98. The lowest BCUT2D eigenvalue weighted by atomic mass is 10.3. The van der Waals surface area contributed by atoms with Crippen LogP contribution in [0.15, 0.2) is 49.1 Å². The topological polar surface area (TPSA) is 87.6 Å². The van der Waals surface area contributed by atoms with Crippen LogP contribution >= 0.6 is 8.02 Å². The molecule has 8 heteroatoms. The fraction of sp³-hybridized carbons (Fsp3) is 0.333. The number of hydrogen-bond acceptors (Lipinski definition) is 4. The Kier molecular flexibility index (Phi) is 7.16. The van der Waals surface area contributed by atoms with Crippen molar-refractivity contribution in [1.82, 2.24) is 9.42 Å². The number of aryl methyl sites for hydroxylation is 1. The number of nitrogens with one attached hydrogen (secondary N) is 1. The number of benzene rings is 1. The zero-order valence-corrected chi connectivity index (χ0v) is 14.6. The van der Waals surface area contributed by atoms with Gasteiger partial charge >= 0.3 is 14.0 Å². The van der Waals surface area contributed by atoms with Gasteiger partial charge in [0.05, 0.1) is 7.05 Å². The van der Waals surface area contributed by atoms with Crippen LogP contribution in [0.2, 0.25) is 0 Å². The number of aliphatic carboxylic acids is 1. The van der Waals surface area contributed by atoms with Crippen LogP contribution in [0.3, 0.4) is 0 Å². The number of rotatable bonds is 6. The Morgan fingerprint density at radius 1 is 1.35 bits per heavy atom. The number of aromatic nitrogens is 2. The third-order valence-corrected chi connectivity index (χ3v) is 4.83. The minimum atomic E-state index is -3.37. The van der Waals surface area contributed by atoms with Gasteiger partial charge < -0.3 is 5.11 Å². The van der Waals surface area contributed by atoms with E-state index in [4.69, 9.17) is 9.63 Å². The first-order valence-electron chi connectivity index (χ1n) is 7.32. The quantitative estimate of drug-likeness (QED) is 0.552. The Hall–Kier alpha value is -1.95. The van der Waals surface area contributed by atoms with Gasteiger partial charge in [-0.1, -0.05) is 37.1 Å². The maximum atomic E-state index is 11.0. The van der Waals surface area contributed by atoms with E-state index < -0.39 is 20.0 Å². The molecule has 2 aromatic rings. The number of carboxylic acid groups (broad SMARTS) is 1. The fourth-order valence-corrected chi connectivity index (χ4v) is 3.53. The molecule has 2 rings (SSSR count). The molecule has 2 unspecified atom stereocenters. The van der Waals surface area contributed by atoms with E-state index in [9.17, 15) is 9.69 Å². The summed E-state index contributed by atoms with van der Waals surface area (Å²) in [7, 11) is -1.57. The Morgan fingerprint density at radius 3 is 2.43 bits per heavy atom. The lowest BCUT2D eigenvalue weighted by Gasteiger charge is -2.16. The first kappa shape index (κ1) is 19.1. The molecule has 7 nitrogen and oxygen atoms in total. The molecule has 126 valence electrons. The molecule has 0 amide bonds. The van der Waals surface area contributed by atoms with Crippen LogP contribution < -0.4 is 14.2 Å². The summed E-state index contributed by atoms with van der Waals surface area (Å²) in [5.74, 6) is -0.614. The first-order valence-corrected chi connectivity index (χ1v) is 8.93. The third-order valence-electron chi connectivity index (χ3n) is 2.78. The van der Waals surface area contributed by atoms with Crippen molar-refractivity contribution < 1.29 is 23.9 Å². The van der Waals surface area contributed by atoms with Crippen molar-refractivity contribution in [3.63, 3.8) is 0 Å². The second-order valence-electron chi connectivity index (χ2n) is 4.60. The second-order valence-corrected chi connectivity index (χ2v) is 6.59. The van der Waals surface area contributed by atoms with Gasteiger partial charge in [-0.2, -0.15) is 4.89 Å². The molecule has 0 spiro atoms. The Morgan fingerprint density at radius 2 is 1.96 bits per heavy atom. The third kappa shape index (κ3) is 5.32. The molecular formula is C15H24N3O4P+2. The van der Waals surface area contributed by atoms with E-state index in [0.29, 0.717) is 5.75 Å². The molecule has 0 fully saturated rings. The second kappa shape index (κ2) is 8.62. The normalized spacial score (nSPS) is 14.1. The van der Waals surface area contributed by atoms with Crippen molar-refractivity contribution in [3.8, 4) is 5.75 Å². The molecule has 0 bridgehead atoms. The molecular weight excluding hydrogens is 317 g/mol. The predicted molar refractivity (Wildman–Crippen MR) is 88.8 cm³/mol. The van der Waals surface area contributed by atoms with Crippen LogP contribution in [0.1, 0.15) is 20.8 Å². The predicted octanol–water partition coefficient (Wildman–Crippen LogP) is 2.00. The number of nitrogens with zero attached hydrogens (tertiary/aromatic N) is 2. The molecule has 3 N–H and O–H groups in total. The SMILES string of the molecule is CC.CC(N[P+](O)(Oc1ccccc1)n1cc[n+](C)c1)C(=O)O. The van der Waals surface area contributed by atoms with Gasteiger partial charge in [0.25, 0.3) is 6.33 Å². The maximum Gasteiger partial charge on any atom is 0.581 e. The lowest BCUT2D eigenvalue weighted by Crippen LogP contribution is -2.38. The van der Waals surface area contributed by atoms with Crippen molar-refractivity contribution in [3.05, 3.63) is 49.1 Å². The smallest absolute Gasteiger partial charge is 0.480 e. The van der Waals surface area contributed by atoms with Crippen molar-refractivity contribution in [2.75, 3.05) is 0 Å². The van der Waals surface area contributed by atoms with Crippen LogP contribution in [0.25, 0.3) is 0 Å². The molecule has 0 radical (unpaired) electrons. The first-order chi connectivity index (χ1) is 10.9. The highest BCUT2D eigenvalue weighted by Gasteiger charge is 2.51. The molecule has 1 aromatic carbocycles.